The van der Waals surface area contributed by atoms with E-state index >= 15 is 0 Å². The molecule has 0 bridgehead atoms. The summed E-state index contributed by atoms with van der Waals surface area (Å²) in [7, 11) is 0. The molecule has 2 aromatic rings. The number of rotatable bonds is 0. The molecule has 4 N–H and O–H groups in total. The Balaban J connectivity index is 2.52. The van der Waals surface area contributed by atoms with Crippen molar-refractivity contribution in [2.45, 2.75) is 0 Å². The highest BCUT2D eigenvalue weighted by Crippen LogP contribution is 2.13. The monoisotopic (exact) mass is 215 g/mol. The molecule has 0 fully saturated rings. The zero-order valence-electron chi connectivity index (χ0n) is 8.25. The molecule has 0 spiro atoms. The summed E-state index contributed by atoms with van der Waals surface area (Å²) in [4.78, 5) is 8.56. The fourth-order valence-electron chi connectivity index (χ4n) is 1.62. The quantitative estimate of drug-likeness (QED) is 0.409. The molecule has 80 valence electrons. The van der Waals surface area contributed by atoms with Crippen molar-refractivity contribution in [2.24, 2.45) is 10.9 Å². The number of anilines is 1. The maximum atomic E-state index is 5.31. The standard InChI is InChI=1S/C9H9N7/c10-14-7-6-2-1-3-11-8(6)16-5-4-12-15-9(16)13-7/h1-5,12H,10H2,(H,13,14,15). The zero-order valence-corrected chi connectivity index (χ0v) is 8.25. The first kappa shape index (κ1) is 8.72. The summed E-state index contributed by atoms with van der Waals surface area (Å²) in [5.74, 6) is 5.90. The average molecular weight is 215 g/mol. The number of aromatic nitrogens is 3. The summed E-state index contributed by atoms with van der Waals surface area (Å²) in [6.07, 6.45) is 5.29. The molecule has 0 atom stereocenters. The van der Waals surface area contributed by atoms with E-state index in [1.165, 1.54) is 0 Å². The van der Waals surface area contributed by atoms with E-state index in [9.17, 15) is 0 Å². The third kappa shape index (κ3) is 1.11. The molecule has 3 rings (SSSR count). The van der Waals surface area contributed by atoms with Crippen LogP contribution in [0.25, 0.3) is 17.2 Å². The summed E-state index contributed by atoms with van der Waals surface area (Å²) < 4.78 is 1.82. The number of fused-ring (bicyclic) bond motifs is 3. The first-order chi connectivity index (χ1) is 7.90. The van der Waals surface area contributed by atoms with Crippen molar-refractivity contribution in [3.63, 3.8) is 0 Å². The molecule has 3 heterocycles. The lowest BCUT2D eigenvalue weighted by atomic mass is 10.3. The van der Waals surface area contributed by atoms with Gasteiger partial charge in [-0.05, 0) is 12.1 Å². The van der Waals surface area contributed by atoms with E-state index in [4.69, 9.17) is 5.84 Å². The smallest absolute Gasteiger partial charge is 0.229 e. The zero-order chi connectivity index (χ0) is 11.0. The molecular weight excluding hydrogens is 206 g/mol. The Hall–Kier alpha value is -2.57. The third-order valence-corrected chi connectivity index (χ3v) is 2.31. The van der Waals surface area contributed by atoms with Crippen LogP contribution in [0.5, 0.6) is 0 Å². The highest BCUT2D eigenvalue weighted by Gasteiger charge is 2.09. The molecule has 0 aliphatic carbocycles. The van der Waals surface area contributed by atoms with Crippen LogP contribution in [0.1, 0.15) is 0 Å². The van der Waals surface area contributed by atoms with Crippen LogP contribution >= 0.6 is 0 Å². The molecule has 1 aliphatic heterocycles. The van der Waals surface area contributed by atoms with Gasteiger partial charge in [-0.2, -0.15) is 10.1 Å². The van der Waals surface area contributed by atoms with Crippen molar-refractivity contribution < 1.29 is 0 Å². The van der Waals surface area contributed by atoms with Gasteiger partial charge in [0.2, 0.25) is 5.95 Å². The van der Waals surface area contributed by atoms with Crippen molar-refractivity contribution >= 4 is 23.2 Å². The summed E-state index contributed by atoms with van der Waals surface area (Å²) in [5, 5.41) is 4.46. The molecule has 7 nitrogen and oxygen atoms in total. The highest BCUT2D eigenvalue weighted by molar-refractivity contribution is 5.77. The van der Waals surface area contributed by atoms with E-state index in [1.54, 1.807) is 12.4 Å². The highest BCUT2D eigenvalue weighted by atomic mass is 15.4. The second kappa shape index (κ2) is 3.23. The fraction of sp³-hybridized carbons (Fsp3) is 0. The second-order valence-corrected chi connectivity index (χ2v) is 3.22. The first-order valence-electron chi connectivity index (χ1n) is 4.69. The third-order valence-electron chi connectivity index (χ3n) is 2.31. The van der Waals surface area contributed by atoms with Gasteiger partial charge < -0.3 is 11.3 Å². The minimum Gasteiger partial charge on any atom is -0.321 e. The lowest BCUT2D eigenvalue weighted by Crippen LogP contribution is -2.27. The van der Waals surface area contributed by atoms with Crippen LogP contribution < -0.4 is 22.2 Å². The van der Waals surface area contributed by atoms with Crippen LogP contribution in [0.2, 0.25) is 0 Å². The van der Waals surface area contributed by atoms with Gasteiger partial charge in [-0.3, -0.25) is 9.99 Å². The van der Waals surface area contributed by atoms with Gasteiger partial charge in [0.25, 0.3) is 0 Å². The second-order valence-electron chi connectivity index (χ2n) is 3.22. The first-order valence-corrected chi connectivity index (χ1v) is 4.69. The maximum Gasteiger partial charge on any atom is 0.229 e. The van der Waals surface area contributed by atoms with Crippen LogP contribution in [-0.2, 0) is 0 Å². The van der Waals surface area contributed by atoms with Gasteiger partial charge in [0.15, 0.2) is 11.1 Å². The van der Waals surface area contributed by atoms with Crippen molar-refractivity contribution in [1.29, 1.82) is 0 Å². The van der Waals surface area contributed by atoms with Crippen molar-refractivity contribution in [2.75, 3.05) is 5.43 Å². The molecule has 2 aromatic heterocycles. The Bertz CT molecular complexity index is 640. The predicted octanol–water partition coefficient (Wildman–Crippen LogP) is -0.436. The van der Waals surface area contributed by atoms with Gasteiger partial charge in [0, 0.05) is 18.6 Å². The number of hydrogen-bond acceptors (Lipinski definition) is 6. The fourth-order valence-corrected chi connectivity index (χ4v) is 1.62. The summed E-state index contributed by atoms with van der Waals surface area (Å²) in [6, 6.07) is 3.70. The molecule has 0 aromatic carbocycles. The van der Waals surface area contributed by atoms with Crippen LogP contribution in [0.4, 0.5) is 5.95 Å². The minimum absolute atomic E-state index is 0.457. The summed E-state index contributed by atoms with van der Waals surface area (Å²) in [5.41, 5.74) is 6.93. The average Bonchev–Trinajstić information content (AvgIpc) is 2.38. The van der Waals surface area contributed by atoms with Crippen LogP contribution in [0, 0.1) is 0 Å². The van der Waals surface area contributed by atoms with Crippen LogP contribution in [0.15, 0.2) is 29.6 Å². The summed E-state index contributed by atoms with van der Waals surface area (Å²) >= 11 is 0. The Morgan fingerprint density at radius 2 is 2.38 bits per heavy atom. The Labute approximate surface area is 90.3 Å². The van der Waals surface area contributed by atoms with Crippen molar-refractivity contribution in [3.05, 3.63) is 30.0 Å². The number of nitrogens with one attached hydrogen (secondary N) is 2. The number of nitrogens with two attached hydrogens (primary N) is 1. The van der Waals surface area contributed by atoms with Gasteiger partial charge >= 0.3 is 0 Å². The number of hydrazine groups is 1. The van der Waals surface area contributed by atoms with Crippen LogP contribution in [-0.4, -0.2) is 14.5 Å². The molecule has 0 saturated carbocycles. The summed E-state index contributed by atoms with van der Waals surface area (Å²) in [6.45, 7) is 0. The molecule has 16 heavy (non-hydrogen) atoms. The molecule has 0 unspecified atom stereocenters. The van der Waals surface area contributed by atoms with E-state index < -0.39 is 0 Å². The number of nitrogens with zero attached hydrogens (tertiary/aromatic N) is 4. The van der Waals surface area contributed by atoms with E-state index in [0.717, 1.165) is 11.0 Å². The SMILES string of the molecule is N/N=c1\nc2n(c3ncccc13)C=CNN2. The molecule has 0 radical (unpaired) electrons. The molecule has 7 heteroatoms. The molecular formula is C9H9N7. The van der Waals surface area contributed by atoms with E-state index in [2.05, 4.69) is 25.9 Å². The Kier molecular flexibility index (Phi) is 1.76. The van der Waals surface area contributed by atoms with E-state index in [0.29, 0.717) is 11.4 Å². The van der Waals surface area contributed by atoms with E-state index in [1.807, 2.05) is 22.9 Å². The minimum atomic E-state index is 0.457. The van der Waals surface area contributed by atoms with E-state index in [-0.39, 0.29) is 0 Å². The van der Waals surface area contributed by atoms with Crippen molar-refractivity contribution in [3.8, 4) is 0 Å². The van der Waals surface area contributed by atoms with Gasteiger partial charge in [-0.15, -0.1) is 0 Å². The Morgan fingerprint density at radius 3 is 3.25 bits per heavy atom. The van der Waals surface area contributed by atoms with Gasteiger partial charge in [-0.1, -0.05) is 0 Å². The predicted molar refractivity (Wildman–Crippen MR) is 59.4 cm³/mol. The normalized spacial score (nSPS) is 14.4. The number of hydrogen-bond donors (Lipinski definition) is 3. The van der Waals surface area contributed by atoms with Gasteiger partial charge in [0.1, 0.15) is 0 Å². The molecule has 0 saturated heterocycles. The van der Waals surface area contributed by atoms with Gasteiger partial charge in [-0.25, -0.2) is 4.98 Å². The maximum absolute atomic E-state index is 5.31. The molecule has 1 aliphatic rings. The lowest BCUT2D eigenvalue weighted by Gasteiger charge is -2.16. The van der Waals surface area contributed by atoms with Crippen LogP contribution in [0.3, 0.4) is 0 Å². The van der Waals surface area contributed by atoms with Gasteiger partial charge in [0.05, 0.1) is 5.39 Å². The topological polar surface area (TPSA) is 93.2 Å². The molecule has 0 amide bonds. The Morgan fingerprint density at radius 1 is 1.44 bits per heavy atom. The van der Waals surface area contributed by atoms with Crippen molar-refractivity contribution in [1.82, 2.24) is 20.0 Å². The number of pyridine rings is 1. The lowest BCUT2D eigenvalue weighted by molar-refractivity contribution is 0.900. The largest absolute Gasteiger partial charge is 0.321 e.